The summed E-state index contributed by atoms with van der Waals surface area (Å²) in [4.78, 5) is 0. The third-order valence-corrected chi connectivity index (χ3v) is 2.98. The zero-order valence-electron chi connectivity index (χ0n) is 12.6. The molecular formula is C13H13N9O3. The van der Waals surface area contributed by atoms with Crippen LogP contribution in [0.3, 0.4) is 0 Å². The molecule has 2 heterocycles. The summed E-state index contributed by atoms with van der Waals surface area (Å²) in [6.07, 6.45) is 2.85. The Morgan fingerprint density at radius 2 is 2.12 bits per heavy atom. The molecule has 12 heteroatoms. The number of quaternary nitrogens is 1. The van der Waals surface area contributed by atoms with Gasteiger partial charge in [-0.2, -0.15) is 10.3 Å². The Labute approximate surface area is 140 Å². The number of aromatic nitrogens is 4. The van der Waals surface area contributed by atoms with Crippen molar-refractivity contribution < 1.29 is 15.0 Å². The number of hydrogen-bond donors (Lipinski definition) is 4. The fraction of sp³-hybridized carbons (Fsp3) is 0. The number of rotatable bonds is 5. The van der Waals surface area contributed by atoms with Crippen molar-refractivity contribution in [2.45, 2.75) is 0 Å². The summed E-state index contributed by atoms with van der Waals surface area (Å²) < 4.78 is 7.17. The number of hydrazone groups is 1. The molecule has 128 valence electrons. The molecule has 0 saturated heterocycles. The molecule has 5 N–H and O–H groups in total. The van der Waals surface area contributed by atoms with Gasteiger partial charge in [-0.05, 0) is 51.9 Å². The van der Waals surface area contributed by atoms with E-state index in [0.29, 0.717) is 11.5 Å². The Kier molecular flexibility index (Phi) is 4.75. The van der Waals surface area contributed by atoms with Crippen LogP contribution in [0.2, 0.25) is 0 Å². The van der Waals surface area contributed by atoms with Gasteiger partial charge in [-0.15, -0.1) is 5.10 Å². The Morgan fingerprint density at radius 3 is 2.80 bits per heavy atom. The van der Waals surface area contributed by atoms with Gasteiger partial charge in [0.05, 0.1) is 11.9 Å². The molecule has 0 amide bonds. The summed E-state index contributed by atoms with van der Waals surface area (Å²) in [6, 6.07) is 10.9. The Bertz CT molecular complexity index is 869. The fourth-order valence-electron chi connectivity index (χ4n) is 1.93. The quantitative estimate of drug-likeness (QED) is 0.256. The van der Waals surface area contributed by atoms with E-state index in [1.165, 1.54) is 12.5 Å². The third kappa shape index (κ3) is 4.23. The largest absolute Gasteiger partial charge is 0.572 e. The molecule has 3 rings (SSSR count). The molecular weight excluding hydrogens is 330 g/mol. The van der Waals surface area contributed by atoms with Crippen LogP contribution >= 0.6 is 0 Å². The fourth-order valence-corrected chi connectivity index (χ4v) is 1.93. The molecule has 0 aliphatic heterocycles. The van der Waals surface area contributed by atoms with Crippen molar-refractivity contribution in [3.05, 3.63) is 53.7 Å². The number of nitrogens with one attached hydrogen (secondary N) is 2. The number of nitrogens with zero attached hydrogens (tertiary/aromatic N) is 6. The molecule has 0 radical (unpaired) electrons. The SMILES string of the molecule is N/C(=N/[NH+]([O-])O)N/N=C/c1ccc(-c2ccc(-n3cnnn3)cc2)o1. The lowest BCUT2D eigenvalue weighted by molar-refractivity contribution is -1.05. The van der Waals surface area contributed by atoms with Gasteiger partial charge in [0, 0.05) is 5.56 Å². The van der Waals surface area contributed by atoms with Gasteiger partial charge in [0.2, 0.25) is 0 Å². The van der Waals surface area contributed by atoms with Crippen LogP contribution in [0.15, 0.2) is 57.3 Å². The van der Waals surface area contributed by atoms with Crippen LogP contribution in [-0.4, -0.2) is 37.6 Å². The van der Waals surface area contributed by atoms with Crippen molar-refractivity contribution in [2.75, 3.05) is 0 Å². The third-order valence-electron chi connectivity index (χ3n) is 2.98. The van der Waals surface area contributed by atoms with Crippen molar-refractivity contribution in [2.24, 2.45) is 15.9 Å². The van der Waals surface area contributed by atoms with E-state index in [0.717, 1.165) is 11.3 Å². The van der Waals surface area contributed by atoms with Crippen molar-refractivity contribution in [1.82, 2.24) is 25.6 Å². The molecule has 25 heavy (non-hydrogen) atoms. The molecule has 0 aliphatic rings. The van der Waals surface area contributed by atoms with Crippen LogP contribution in [0.5, 0.6) is 0 Å². The van der Waals surface area contributed by atoms with Gasteiger partial charge in [-0.25, -0.2) is 10.1 Å². The topological polar surface area (TPSA) is 167 Å². The lowest BCUT2D eigenvalue weighted by atomic mass is 10.1. The maximum Gasteiger partial charge on any atom is 0.272 e. The highest BCUT2D eigenvalue weighted by atomic mass is 16.8. The van der Waals surface area contributed by atoms with Gasteiger partial charge in [0.1, 0.15) is 17.8 Å². The van der Waals surface area contributed by atoms with Crippen molar-refractivity contribution in [3.8, 4) is 17.0 Å². The molecule has 12 nitrogen and oxygen atoms in total. The molecule has 0 spiro atoms. The number of hydrogen-bond acceptors (Lipinski definition) is 8. The maximum atomic E-state index is 10.3. The summed E-state index contributed by atoms with van der Waals surface area (Å²) in [5.41, 5.74) is 9.23. The monoisotopic (exact) mass is 343 g/mol. The van der Waals surface area contributed by atoms with Gasteiger partial charge in [-0.3, -0.25) is 0 Å². The minimum absolute atomic E-state index is 0.339. The van der Waals surface area contributed by atoms with E-state index in [9.17, 15) is 5.21 Å². The van der Waals surface area contributed by atoms with E-state index in [2.05, 4.69) is 31.2 Å². The Morgan fingerprint density at radius 1 is 1.32 bits per heavy atom. The molecule has 1 aromatic carbocycles. The average molecular weight is 343 g/mol. The van der Waals surface area contributed by atoms with Gasteiger partial charge >= 0.3 is 0 Å². The van der Waals surface area contributed by atoms with E-state index in [-0.39, 0.29) is 5.96 Å². The minimum atomic E-state index is -1.41. The van der Waals surface area contributed by atoms with Crippen molar-refractivity contribution in [1.29, 1.82) is 0 Å². The van der Waals surface area contributed by atoms with Crippen LogP contribution in [-0.2, 0) is 0 Å². The van der Waals surface area contributed by atoms with E-state index in [4.69, 9.17) is 15.4 Å². The molecule has 1 atom stereocenters. The van der Waals surface area contributed by atoms with Crippen LogP contribution in [0.1, 0.15) is 5.76 Å². The molecule has 3 aromatic rings. The molecule has 1 unspecified atom stereocenters. The van der Waals surface area contributed by atoms with Crippen LogP contribution in [0.25, 0.3) is 17.0 Å². The van der Waals surface area contributed by atoms with E-state index in [1.807, 2.05) is 24.3 Å². The van der Waals surface area contributed by atoms with Gasteiger partial charge in [0.25, 0.3) is 5.96 Å². The highest BCUT2D eigenvalue weighted by molar-refractivity contribution is 5.81. The van der Waals surface area contributed by atoms with Crippen molar-refractivity contribution in [3.63, 3.8) is 0 Å². The number of furan rings is 1. The summed E-state index contributed by atoms with van der Waals surface area (Å²) >= 11 is 0. The lowest BCUT2D eigenvalue weighted by Gasteiger charge is -2.03. The van der Waals surface area contributed by atoms with Crippen LogP contribution in [0, 0.1) is 5.21 Å². The van der Waals surface area contributed by atoms with E-state index in [1.54, 1.807) is 16.8 Å². The van der Waals surface area contributed by atoms with Gasteiger partial charge < -0.3 is 15.4 Å². The van der Waals surface area contributed by atoms with Crippen LogP contribution < -0.4 is 16.5 Å². The number of benzene rings is 1. The maximum absolute atomic E-state index is 10.3. The molecule has 0 saturated carbocycles. The standard InChI is InChI=1S/C13H13N9O3/c14-13(18-22(23)24)17-15-7-11-5-6-12(25-11)9-1-3-10(4-2-9)21-8-16-19-20-21/h1-8,22-23H,(H3,14,17,18)/b15-7+. The predicted molar refractivity (Wildman–Crippen MR) is 85.3 cm³/mol. The normalized spacial score (nSPS) is 13.3. The first-order valence-corrected chi connectivity index (χ1v) is 6.91. The van der Waals surface area contributed by atoms with Gasteiger partial charge in [0.15, 0.2) is 0 Å². The number of tetrazole rings is 1. The second kappa shape index (κ2) is 7.31. The summed E-state index contributed by atoms with van der Waals surface area (Å²) in [5.74, 6) is 0.751. The highest BCUT2D eigenvalue weighted by Gasteiger charge is 2.05. The zero-order valence-corrected chi connectivity index (χ0v) is 12.6. The highest BCUT2D eigenvalue weighted by Crippen LogP contribution is 2.22. The van der Waals surface area contributed by atoms with Crippen LogP contribution in [0.4, 0.5) is 0 Å². The zero-order chi connectivity index (χ0) is 17.6. The van der Waals surface area contributed by atoms with Gasteiger partial charge in [-0.1, -0.05) is 5.34 Å². The first-order chi connectivity index (χ1) is 12.1. The molecule has 2 aromatic heterocycles. The summed E-state index contributed by atoms with van der Waals surface area (Å²) in [6.45, 7) is 0. The smallest absolute Gasteiger partial charge is 0.272 e. The predicted octanol–water partition coefficient (Wildman–Crippen LogP) is -1.15. The molecule has 0 fully saturated rings. The molecule has 0 bridgehead atoms. The van der Waals surface area contributed by atoms with Crippen molar-refractivity contribution >= 4 is 12.2 Å². The second-order valence-electron chi connectivity index (χ2n) is 4.65. The Balaban J connectivity index is 1.67. The first-order valence-electron chi connectivity index (χ1n) is 6.91. The minimum Gasteiger partial charge on any atom is -0.572 e. The first kappa shape index (κ1) is 16.3. The second-order valence-corrected chi connectivity index (χ2v) is 4.65. The Hall–Kier alpha value is -3.61. The van der Waals surface area contributed by atoms with E-state index >= 15 is 0 Å². The van der Waals surface area contributed by atoms with E-state index < -0.39 is 5.34 Å². The summed E-state index contributed by atoms with van der Waals surface area (Å²) in [7, 11) is 0. The average Bonchev–Trinajstić information content (AvgIpc) is 3.26. The molecule has 0 aliphatic carbocycles. The number of guanidine groups is 1. The summed E-state index contributed by atoms with van der Waals surface area (Å²) in [5, 5.41) is 35.1. The number of nitrogens with two attached hydrogens (primary N) is 1. The lowest BCUT2D eigenvalue weighted by Crippen LogP contribution is -3.00.